The molecule has 0 atom stereocenters. The molecule has 0 radical (unpaired) electrons. The zero-order chi connectivity index (χ0) is 8.06. The molecular formula is C6H8N2O2S. The number of hydrogen-bond donors (Lipinski definition) is 1. The second-order valence-corrected chi connectivity index (χ2v) is 3.26. The summed E-state index contributed by atoms with van der Waals surface area (Å²) in [4.78, 5) is 12.9. The number of thiocarbonyl (C=S) groups is 1. The molecule has 0 bridgehead atoms. The third-order valence-corrected chi connectivity index (χ3v) is 2.44. The SMILES string of the molecule is CN1C(=O)C2(COC2)NC1=S. The Morgan fingerprint density at radius 1 is 1.73 bits per heavy atom. The Balaban J connectivity index is 2.27. The molecular weight excluding hydrogens is 164 g/mol. The lowest BCUT2D eigenvalue weighted by atomic mass is 9.98. The van der Waals surface area contributed by atoms with E-state index in [-0.39, 0.29) is 5.91 Å². The molecule has 0 aliphatic carbocycles. The number of likely N-dealkylation sites (N-methyl/N-ethyl adjacent to an activating group) is 1. The molecule has 0 aromatic heterocycles. The zero-order valence-electron chi connectivity index (χ0n) is 6.09. The smallest absolute Gasteiger partial charge is 0.259 e. The molecule has 2 aliphatic rings. The van der Waals surface area contributed by atoms with Crippen molar-refractivity contribution in [3.8, 4) is 0 Å². The van der Waals surface area contributed by atoms with Crippen molar-refractivity contribution in [2.24, 2.45) is 0 Å². The lowest BCUT2D eigenvalue weighted by Gasteiger charge is -2.34. The van der Waals surface area contributed by atoms with Crippen LogP contribution in [0.1, 0.15) is 0 Å². The van der Waals surface area contributed by atoms with Gasteiger partial charge in [0.1, 0.15) is 0 Å². The van der Waals surface area contributed by atoms with Gasteiger partial charge in [-0.25, -0.2) is 0 Å². The summed E-state index contributed by atoms with van der Waals surface area (Å²) >= 11 is 4.91. The number of carbonyl (C=O) groups excluding carboxylic acids is 1. The summed E-state index contributed by atoms with van der Waals surface area (Å²) in [6.45, 7) is 0.882. The predicted octanol–water partition coefficient (Wildman–Crippen LogP) is -0.898. The number of nitrogens with zero attached hydrogens (tertiary/aromatic N) is 1. The van der Waals surface area contributed by atoms with Crippen LogP contribution in [-0.2, 0) is 9.53 Å². The Kier molecular flexibility index (Phi) is 1.22. The van der Waals surface area contributed by atoms with Crippen LogP contribution < -0.4 is 5.32 Å². The van der Waals surface area contributed by atoms with Gasteiger partial charge in [0.15, 0.2) is 10.7 Å². The van der Waals surface area contributed by atoms with E-state index < -0.39 is 5.54 Å². The molecule has 1 N–H and O–H groups in total. The van der Waals surface area contributed by atoms with Crippen LogP contribution in [0.3, 0.4) is 0 Å². The number of amides is 1. The first kappa shape index (κ1) is 7.00. The first-order valence-corrected chi connectivity index (χ1v) is 3.75. The van der Waals surface area contributed by atoms with Gasteiger partial charge in [0.2, 0.25) is 0 Å². The zero-order valence-corrected chi connectivity index (χ0v) is 6.90. The molecule has 2 rings (SSSR count). The van der Waals surface area contributed by atoms with Crippen LogP contribution in [0, 0.1) is 0 Å². The van der Waals surface area contributed by atoms with Gasteiger partial charge in [0.25, 0.3) is 5.91 Å². The standard InChI is InChI=1S/C6H8N2O2S/c1-8-4(9)6(2-10-3-6)7-5(8)11/h2-3H2,1H3,(H,7,11). The van der Waals surface area contributed by atoms with Crippen molar-refractivity contribution in [3.63, 3.8) is 0 Å². The topological polar surface area (TPSA) is 41.6 Å². The van der Waals surface area contributed by atoms with Gasteiger partial charge in [-0.1, -0.05) is 0 Å². The Bertz CT molecular complexity index is 237. The Morgan fingerprint density at radius 3 is 2.55 bits per heavy atom. The predicted molar refractivity (Wildman–Crippen MR) is 42.1 cm³/mol. The average Bonchev–Trinajstić information content (AvgIpc) is 2.12. The summed E-state index contributed by atoms with van der Waals surface area (Å²) in [7, 11) is 1.67. The Morgan fingerprint density at radius 2 is 2.36 bits per heavy atom. The van der Waals surface area contributed by atoms with Crippen molar-refractivity contribution in [2.45, 2.75) is 5.54 Å². The largest absolute Gasteiger partial charge is 0.375 e. The van der Waals surface area contributed by atoms with Crippen molar-refractivity contribution in [1.29, 1.82) is 0 Å². The molecule has 0 aromatic rings. The van der Waals surface area contributed by atoms with Gasteiger partial charge >= 0.3 is 0 Å². The van der Waals surface area contributed by atoms with E-state index >= 15 is 0 Å². The van der Waals surface area contributed by atoms with Gasteiger partial charge in [0, 0.05) is 7.05 Å². The summed E-state index contributed by atoms with van der Waals surface area (Å²) in [6, 6.07) is 0. The van der Waals surface area contributed by atoms with Crippen LogP contribution in [0.4, 0.5) is 0 Å². The highest BCUT2D eigenvalue weighted by Crippen LogP contribution is 2.24. The lowest BCUT2D eigenvalue weighted by molar-refractivity contribution is -0.146. The maximum absolute atomic E-state index is 11.4. The van der Waals surface area contributed by atoms with E-state index in [0.29, 0.717) is 18.3 Å². The average molecular weight is 172 g/mol. The number of ether oxygens (including phenoxy) is 1. The summed E-state index contributed by atoms with van der Waals surface area (Å²) in [5.74, 6) is 0.0220. The second kappa shape index (κ2) is 1.92. The van der Waals surface area contributed by atoms with E-state index in [4.69, 9.17) is 17.0 Å². The fourth-order valence-electron chi connectivity index (χ4n) is 1.26. The summed E-state index contributed by atoms with van der Waals surface area (Å²) < 4.78 is 4.96. The minimum Gasteiger partial charge on any atom is -0.375 e. The highest BCUT2D eigenvalue weighted by molar-refractivity contribution is 7.80. The molecule has 11 heavy (non-hydrogen) atoms. The highest BCUT2D eigenvalue weighted by Gasteiger charge is 2.53. The minimum atomic E-state index is -0.508. The molecule has 1 spiro atoms. The van der Waals surface area contributed by atoms with Crippen LogP contribution in [0.2, 0.25) is 0 Å². The molecule has 2 saturated heterocycles. The third-order valence-electron chi connectivity index (χ3n) is 2.06. The number of carbonyl (C=O) groups is 1. The summed E-state index contributed by atoms with van der Waals surface area (Å²) in [5, 5.41) is 3.45. The van der Waals surface area contributed by atoms with Crippen LogP contribution in [-0.4, -0.2) is 41.7 Å². The van der Waals surface area contributed by atoms with Gasteiger partial charge in [-0.3, -0.25) is 9.69 Å². The van der Waals surface area contributed by atoms with Crippen LogP contribution in [0.25, 0.3) is 0 Å². The number of rotatable bonds is 0. The minimum absolute atomic E-state index is 0.0220. The molecule has 0 unspecified atom stereocenters. The first-order chi connectivity index (χ1) is 5.16. The quantitative estimate of drug-likeness (QED) is 0.481. The van der Waals surface area contributed by atoms with Gasteiger partial charge < -0.3 is 10.1 Å². The van der Waals surface area contributed by atoms with Crippen molar-refractivity contribution in [2.75, 3.05) is 20.3 Å². The lowest BCUT2D eigenvalue weighted by Crippen LogP contribution is -2.62. The molecule has 0 aromatic carbocycles. The molecule has 5 heteroatoms. The molecule has 2 fully saturated rings. The Hall–Kier alpha value is -0.680. The van der Waals surface area contributed by atoms with E-state index in [1.54, 1.807) is 7.05 Å². The molecule has 60 valence electrons. The van der Waals surface area contributed by atoms with E-state index in [0.717, 1.165) is 0 Å². The molecule has 2 aliphatic heterocycles. The monoisotopic (exact) mass is 172 g/mol. The maximum Gasteiger partial charge on any atom is 0.259 e. The van der Waals surface area contributed by atoms with Crippen LogP contribution in [0.5, 0.6) is 0 Å². The van der Waals surface area contributed by atoms with E-state index in [9.17, 15) is 4.79 Å². The van der Waals surface area contributed by atoms with Gasteiger partial charge in [-0.05, 0) is 12.2 Å². The number of nitrogens with one attached hydrogen (secondary N) is 1. The van der Waals surface area contributed by atoms with Crippen molar-refractivity contribution in [1.82, 2.24) is 10.2 Å². The Labute approximate surface area is 69.5 Å². The molecule has 4 nitrogen and oxygen atoms in total. The van der Waals surface area contributed by atoms with Gasteiger partial charge in [-0.2, -0.15) is 0 Å². The van der Waals surface area contributed by atoms with Gasteiger partial charge in [-0.15, -0.1) is 0 Å². The molecule has 1 amide bonds. The van der Waals surface area contributed by atoms with E-state index in [1.807, 2.05) is 0 Å². The fourth-order valence-corrected chi connectivity index (χ4v) is 1.54. The maximum atomic E-state index is 11.4. The van der Waals surface area contributed by atoms with Crippen LogP contribution in [0.15, 0.2) is 0 Å². The summed E-state index contributed by atoms with van der Waals surface area (Å²) in [5.41, 5.74) is -0.508. The normalized spacial score (nSPS) is 27.2. The highest BCUT2D eigenvalue weighted by atomic mass is 32.1. The van der Waals surface area contributed by atoms with E-state index in [1.165, 1.54) is 4.90 Å². The fraction of sp³-hybridized carbons (Fsp3) is 0.667. The van der Waals surface area contributed by atoms with Crippen LogP contribution >= 0.6 is 12.2 Å². The van der Waals surface area contributed by atoms with Gasteiger partial charge in [0.05, 0.1) is 13.2 Å². The first-order valence-electron chi connectivity index (χ1n) is 3.34. The van der Waals surface area contributed by atoms with Crippen molar-refractivity contribution < 1.29 is 9.53 Å². The second-order valence-electron chi connectivity index (χ2n) is 2.87. The molecule has 0 saturated carbocycles. The van der Waals surface area contributed by atoms with Crippen molar-refractivity contribution in [3.05, 3.63) is 0 Å². The van der Waals surface area contributed by atoms with E-state index in [2.05, 4.69) is 5.32 Å². The summed E-state index contributed by atoms with van der Waals surface area (Å²) in [6.07, 6.45) is 0. The molecule has 2 heterocycles. The van der Waals surface area contributed by atoms with Crippen molar-refractivity contribution >= 4 is 23.2 Å². The number of hydrogen-bond acceptors (Lipinski definition) is 3. The third kappa shape index (κ3) is 0.721.